The number of rotatable bonds is 5. The van der Waals surface area contributed by atoms with Gasteiger partial charge in [-0.15, -0.1) is 0 Å². The van der Waals surface area contributed by atoms with Crippen molar-refractivity contribution in [2.45, 2.75) is 12.8 Å². The van der Waals surface area contributed by atoms with Crippen molar-refractivity contribution >= 4 is 23.5 Å². The topological polar surface area (TPSA) is 64.2 Å². The maximum atomic E-state index is 13.0. The summed E-state index contributed by atoms with van der Waals surface area (Å²) in [6, 6.07) is 6.06. The maximum Gasteiger partial charge on any atom is 0.326 e. The van der Waals surface area contributed by atoms with Crippen molar-refractivity contribution in [2.75, 3.05) is 51.2 Å². The van der Waals surface area contributed by atoms with E-state index in [0.29, 0.717) is 39.0 Å². The third-order valence-corrected chi connectivity index (χ3v) is 4.83. The number of benzene rings is 1. The summed E-state index contributed by atoms with van der Waals surface area (Å²) in [6.07, 6.45) is 0.791. The monoisotopic (exact) mass is 362 g/mol. The van der Waals surface area contributed by atoms with Gasteiger partial charge in [-0.05, 0) is 30.7 Å². The number of nitrogens with zero attached hydrogens (tertiary/aromatic N) is 4. The largest absolute Gasteiger partial charge is 0.368 e. The lowest BCUT2D eigenvalue weighted by Crippen LogP contribution is -2.48. The molecule has 2 aliphatic rings. The van der Waals surface area contributed by atoms with E-state index in [1.807, 2.05) is 0 Å². The minimum Gasteiger partial charge on any atom is -0.368 e. The molecule has 8 heteroatoms. The van der Waals surface area contributed by atoms with Crippen LogP contribution in [-0.4, -0.2) is 78.9 Å². The van der Waals surface area contributed by atoms with Gasteiger partial charge in [0.25, 0.3) is 0 Å². The van der Waals surface area contributed by atoms with E-state index in [4.69, 9.17) is 0 Å². The molecule has 0 saturated carbocycles. The molecule has 0 spiro atoms. The van der Waals surface area contributed by atoms with E-state index >= 15 is 0 Å². The number of urea groups is 1. The average molecular weight is 362 g/mol. The van der Waals surface area contributed by atoms with Crippen LogP contribution in [0.3, 0.4) is 0 Å². The Bertz CT molecular complexity index is 686. The summed E-state index contributed by atoms with van der Waals surface area (Å²) in [7, 11) is 1.59. The fourth-order valence-corrected chi connectivity index (χ4v) is 3.30. The molecular weight excluding hydrogens is 339 g/mol. The number of anilines is 1. The van der Waals surface area contributed by atoms with Crippen LogP contribution in [0.1, 0.15) is 12.8 Å². The summed E-state index contributed by atoms with van der Waals surface area (Å²) in [6.45, 7) is 3.01. The molecule has 7 nitrogen and oxygen atoms in total. The molecule has 0 bridgehead atoms. The Morgan fingerprint density at radius 3 is 2.31 bits per heavy atom. The minimum absolute atomic E-state index is 0.0382. The Balaban J connectivity index is 1.42. The van der Waals surface area contributed by atoms with Crippen LogP contribution in [0.5, 0.6) is 0 Å². The summed E-state index contributed by atoms with van der Waals surface area (Å²) in [5.74, 6) is -0.433. The van der Waals surface area contributed by atoms with Gasteiger partial charge >= 0.3 is 6.03 Å². The van der Waals surface area contributed by atoms with Crippen molar-refractivity contribution in [1.82, 2.24) is 14.7 Å². The lowest BCUT2D eigenvalue weighted by molar-refractivity contribution is -0.132. The summed E-state index contributed by atoms with van der Waals surface area (Å²) in [5.41, 5.74) is 0.952. The Morgan fingerprint density at radius 1 is 1.08 bits per heavy atom. The highest BCUT2D eigenvalue weighted by atomic mass is 19.1. The molecule has 2 heterocycles. The maximum absolute atomic E-state index is 13.0. The first kappa shape index (κ1) is 18.2. The molecule has 2 fully saturated rings. The van der Waals surface area contributed by atoms with Gasteiger partial charge in [-0.1, -0.05) is 0 Å². The zero-order valence-corrected chi connectivity index (χ0v) is 14.9. The van der Waals surface area contributed by atoms with Crippen molar-refractivity contribution in [3.63, 3.8) is 0 Å². The number of hydrogen-bond donors (Lipinski definition) is 0. The molecule has 0 radical (unpaired) electrons. The van der Waals surface area contributed by atoms with Gasteiger partial charge in [0.2, 0.25) is 11.8 Å². The summed E-state index contributed by atoms with van der Waals surface area (Å²) < 4.78 is 13.0. The first-order chi connectivity index (χ1) is 12.5. The molecule has 26 heavy (non-hydrogen) atoms. The van der Waals surface area contributed by atoms with E-state index in [2.05, 4.69) is 4.90 Å². The second-order valence-corrected chi connectivity index (χ2v) is 6.63. The zero-order chi connectivity index (χ0) is 18.7. The number of hydrogen-bond acceptors (Lipinski definition) is 4. The summed E-state index contributed by atoms with van der Waals surface area (Å²) in [5, 5.41) is 0. The van der Waals surface area contributed by atoms with E-state index in [1.54, 1.807) is 24.1 Å². The fourth-order valence-electron chi connectivity index (χ4n) is 3.30. The van der Waals surface area contributed by atoms with Gasteiger partial charge in [0.15, 0.2) is 0 Å². The van der Waals surface area contributed by atoms with Crippen LogP contribution >= 0.6 is 0 Å². The van der Waals surface area contributed by atoms with Gasteiger partial charge in [-0.3, -0.25) is 14.5 Å². The lowest BCUT2D eigenvalue weighted by Gasteiger charge is -2.36. The number of amides is 4. The van der Waals surface area contributed by atoms with Crippen LogP contribution in [0.2, 0.25) is 0 Å². The zero-order valence-electron chi connectivity index (χ0n) is 14.9. The molecule has 2 aliphatic heterocycles. The third-order valence-electron chi connectivity index (χ3n) is 4.83. The Morgan fingerprint density at radius 2 is 1.73 bits per heavy atom. The first-order valence-corrected chi connectivity index (χ1v) is 8.79. The smallest absolute Gasteiger partial charge is 0.326 e. The van der Waals surface area contributed by atoms with Crippen molar-refractivity contribution in [3.8, 4) is 0 Å². The lowest BCUT2D eigenvalue weighted by atomic mass is 10.2. The standard InChI is InChI=1S/C18H23FN4O3/c1-20-13-17(25)23(18(20)26)8-2-3-16(24)22-11-9-21(10-12-22)15-6-4-14(19)5-7-15/h4-7H,2-3,8-13H2,1H3. The summed E-state index contributed by atoms with van der Waals surface area (Å²) >= 11 is 0. The predicted octanol–water partition coefficient (Wildman–Crippen LogP) is 1.15. The van der Waals surface area contributed by atoms with E-state index in [0.717, 1.165) is 5.69 Å². The van der Waals surface area contributed by atoms with Gasteiger partial charge in [-0.25, -0.2) is 9.18 Å². The molecule has 1 aromatic carbocycles. The first-order valence-electron chi connectivity index (χ1n) is 8.79. The predicted molar refractivity (Wildman–Crippen MR) is 94.2 cm³/mol. The molecule has 0 N–H and O–H groups in total. The van der Waals surface area contributed by atoms with Gasteiger partial charge in [0.1, 0.15) is 12.4 Å². The fraction of sp³-hybridized carbons (Fsp3) is 0.500. The number of likely N-dealkylation sites (N-methyl/N-ethyl adjacent to an activating group) is 1. The van der Waals surface area contributed by atoms with Crippen molar-refractivity contribution < 1.29 is 18.8 Å². The number of carbonyl (C=O) groups excluding carboxylic acids is 3. The molecular formula is C18H23FN4O3. The molecule has 0 aromatic heterocycles. The molecule has 0 unspecified atom stereocenters. The molecule has 0 aliphatic carbocycles. The highest BCUT2D eigenvalue weighted by Crippen LogP contribution is 2.17. The molecule has 4 amide bonds. The number of halogens is 1. The third kappa shape index (κ3) is 3.95. The van der Waals surface area contributed by atoms with Gasteiger partial charge in [-0.2, -0.15) is 0 Å². The van der Waals surface area contributed by atoms with E-state index < -0.39 is 0 Å². The van der Waals surface area contributed by atoms with Crippen LogP contribution < -0.4 is 4.90 Å². The van der Waals surface area contributed by atoms with E-state index in [1.165, 1.54) is 21.9 Å². The van der Waals surface area contributed by atoms with Crippen LogP contribution in [-0.2, 0) is 9.59 Å². The van der Waals surface area contributed by atoms with Crippen molar-refractivity contribution in [1.29, 1.82) is 0 Å². The average Bonchev–Trinajstić information content (AvgIpc) is 2.88. The van der Waals surface area contributed by atoms with Crippen LogP contribution in [0.15, 0.2) is 24.3 Å². The number of imide groups is 1. The minimum atomic E-state index is -0.296. The van der Waals surface area contributed by atoms with Crippen LogP contribution in [0.4, 0.5) is 14.9 Å². The summed E-state index contributed by atoms with van der Waals surface area (Å²) in [4.78, 5) is 42.4. The van der Waals surface area contributed by atoms with Crippen LogP contribution in [0, 0.1) is 5.82 Å². The molecule has 0 atom stereocenters. The molecule has 2 saturated heterocycles. The van der Waals surface area contributed by atoms with Crippen molar-refractivity contribution in [3.05, 3.63) is 30.1 Å². The number of carbonyl (C=O) groups is 3. The molecule has 140 valence electrons. The Labute approximate surface area is 151 Å². The quantitative estimate of drug-likeness (QED) is 0.737. The van der Waals surface area contributed by atoms with E-state index in [-0.39, 0.29) is 36.8 Å². The SMILES string of the molecule is CN1CC(=O)N(CCCC(=O)N2CCN(c3ccc(F)cc3)CC2)C1=O. The Kier molecular flexibility index (Phi) is 5.39. The van der Waals surface area contributed by atoms with E-state index in [9.17, 15) is 18.8 Å². The second kappa shape index (κ2) is 7.72. The normalized spacial score (nSPS) is 18.1. The number of piperazine rings is 1. The van der Waals surface area contributed by atoms with Gasteiger partial charge in [0, 0.05) is 51.9 Å². The van der Waals surface area contributed by atoms with Gasteiger partial charge in [0.05, 0.1) is 0 Å². The highest BCUT2D eigenvalue weighted by molar-refractivity contribution is 6.01. The van der Waals surface area contributed by atoms with Crippen LogP contribution in [0.25, 0.3) is 0 Å². The molecule has 3 rings (SSSR count). The van der Waals surface area contributed by atoms with Crippen molar-refractivity contribution in [2.24, 2.45) is 0 Å². The second-order valence-electron chi connectivity index (χ2n) is 6.63. The molecule has 1 aromatic rings. The Hall–Kier alpha value is -2.64. The highest BCUT2D eigenvalue weighted by Gasteiger charge is 2.33. The van der Waals surface area contributed by atoms with Gasteiger partial charge < -0.3 is 14.7 Å².